The molecule has 0 aliphatic heterocycles. The molecule has 1 aliphatic carbocycles. The average molecular weight is 251 g/mol. The fourth-order valence-electron chi connectivity index (χ4n) is 2.50. The zero-order valence-electron chi connectivity index (χ0n) is 10.6. The van der Waals surface area contributed by atoms with Gasteiger partial charge in [-0.3, -0.25) is 4.79 Å². The van der Waals surface area contributed by atoms with E-state index in [1.54, 1.807) is 0 Å². The van der Waals surface area contributed by atoms with Gasteiger partial charge in [0.25, 0.3) is 0 Å². The Morgan fingerprint density at radius 3 is 3.00 bits per heavy atom. The van der Waals surface area contributed by atoms with Crippen LogP contribution in [-0.4, -0.2) is 22.4 Å². The summed E-state index contributed by atoms with van der Waals surface area (Å²) in [7, 11) is 0. The molecule has 17 heavy (non-hydrogen) atoms. The van der Waals surface area contributed by atoms with Crippen molar-refractivity contribution in [1.82, 2.24) is 4.57 Å². The summed E-state index contributed by atoms with van der Waals surface area (Å²) >= 11 is 1.92. The molecule has 0 fully saturated rings. The topological polar surface area (TPSA) is 22.0 Å². The molecule has 1 aromatic rings. The first kappa shape index (κ1) is 12.7. The van der Waals surface area contributed by atoms with Gasteiger partial charge in [-0.15, -0.1) is 0 Å². The number of fused-ring (bicyclic) bond motifs is 1. The van der Waals surface area contributed by atoms with Crippen molar-refractivity contribution in [2.24, 2.45) is 0 Å². The largest absolute Gasteiger partial charge is 0.351 e. The van der Waals surface area contributed by atoms with E-state index in [-0.39, 0.29) is 0 Å². The quantitative estimate of drug-likeness (QED) is 0.721. The summed E-state index contributed by atoms with van der Waals surface area (Å²) in [5.41, 5.74) is 2.27. The van der Waals surface area contributed by atoms with Crippen molar-refractivity contribution in [3.63, 3.8) is 0 Å². The van der Waals surface area contributed by atoms with Gasteiger partial charge in [0.1, 0.15) is 0 Å². The normalized spacial score (nSPS) is 15.0. The zero-order valence-corrected chi connectivity index (χ0v) is 11.4. The third-order valence-electron chi connectivity index (χ3n) is 3.44. The minimum absolute atomic E-state index is 0.340. The molecule has 0 N–H and O–H groups in total. The van der Waals surface area contributed by atoms with Crippen LogP contribution in [0.2, 0.25) is 0 Å². The maximum atomic E-state index is 11.7. The molecule has 0 aromatic carbocycles. The van der Waals surface area contributed by atoms with Gasteiger partial charge in [-0.2, -0.15) is 11.8 Å². The molecule has 0 bridgehead atoms. The van der Waals surface area contributed by atoms with E-state index in [9.17, 15) is 4.79 Å². The smallest absolute Gasteiger partial charge is 0.164 e. The molecule has 3 heteroatoms. The van der Waals surface area contributed by atoms with Gasteiger partial charge < -0.3 is 4.57 Å². The summed E-state index contributed by atoms with van der Waals surface area (Å²) in [4.78, 5) is 11.7. The lowest BCUT2D eigenvalue weighted by molar-refractivity contribution is 0.0971. The van der Waals surface area contributed by atoms with Crippen molar-refractivity contribution in [1.29, 1.82) is 0 Å². The lowest BCUT2D eigenvalue weighted by Crippen LogP contribution is -2.13. The second kappa shape index (κ2) is 6.29. The summed E-state index contributed by atoms with van der Waals surface area (Å²) in [5, 5.41) is 0. The van der Waals surface area contributed by atoms with Crippen molar-refractivity contribution in [3.05, 3.63) is 23.5 Å². The molecule has 0 saturated carbocycles. The van der Waals surface area contributed by atoms with E-state index in [2.05, 4.69) is 17.0 Å². The fraction of sp³-hybridized carbons (Fsp3) is 0.643. The first-order chi connectivity index (χ1) is 8.33. The number of carbonyl (C=O) groups excluding carboxylic acids is 1. The minimum Gasteiger partial charge on any atom is -0.351 e. The van der Waals surface area contributed by atoms with Crippen LogP contribution in [0.1, 0.15) is 48.2 Å². The van der Waals surface area contributed by atoms with Crippen molar-refractivity contribution in [2.45, 2.75) is 45.1 Å². The van der Waals surface area contributed by atoms with E-state index in [4.69, 9.17) is 0 Å². The molecular weight excluding hydrogens is 230 g/mol. The SMILES string of the molecule is CSCCCCCn1ccc2c1CCCC2=O. The van der Waals surface area contributed by atoms with Crippen molar-refractivity contribution >= 4 is 17.5 Å². The predicted octanol–water partition coefficient (Wildman–Crippen LogP) is 3.54. The molecule has 2 nitrogen and oxygen atoms in total. The van der Waals surface area contributed by atoms with Gasteiger partial charge in [-0.1, -0.05) is 6.42 Å². The van der Waals surface area contributed by atoms with E-state index in [1.807, 2.05) is 17.8 Å². The molecule has 0 unspecified atom stereocenters. The van der Waals surface area contributed by atoms with Crippen LogP contribution < -0.4 is 0 Å². The van der Waals surface area contributed by atoms with Crippen molar-refractivity contribution in [3.8, 4) is 0 Å². The number of hydrogen-bond donors (Lipinski definition) is 0. The van der Waals surface area contributed by atoms with Crippen LogP contribution in [-0.2, 0) is 13.0 Å². The Kier molecular flexibility index (Phi) is 4.72. The molecule has 0 amide bonds. The van der Waals surface area contributed by atoms with Gasteiger partial charge in [0.2, 0.25) is 0 Å². The Balaban J connectivity index is 1.87. The van der Waals surface area contributed by atoms with Crippen LogP contribution in [0.4, 0.5) is 0 Å². The molecule has 1 heterocycles. The number of aromatic nitrogens is 1. The summed E-state index contributed by atoms with van der Waals surface area (Å²) in [5.74, 6) is 1.61. The number of unbranched alkanes of at least 4 members (excludes halogenated alkanes) is 2. The Hall–Kier alpha value is -0.700. The highest BCUT2D eigenvalue weighted by atomic mass is 32.2. The second-order valence-electron chi connectivity index (χ2n) is 4.70. The first-order valence-electron chi connectivity index (χ1n) is 6.53. The van der Waals surface area contributed by atoms with Crippen molar-refractivity contribution in [2.75, 3.05) is 12.0 Å². The van der Waals surface area contributed by atoms with Gasteiger partial charge in [-0.05, 0) is 43.8 Å². The Bertz CT molecular complexity index is 384. The summed E-state index contributed by atoms with van der Waals surface area (Å²) < 4.78 is 2.30. The van der Waals surface area contributed by atoms with E-state index < -0.39 is 0 Å². The number of hydrogen-bond acceptors (Lipinski definition) is 2. The third kappa shape index (κ3) is 3.15. The molecule has 0 spiro atoms. The average Bonchev–Trinajstić information content (AvgIpc) is 2.74. The maximum Gasteiger partial charge on any atom is 0.164 e. The molecule has 94 valence electrons. The Labute approximate surface area is 108 Å². The van der Waals surface area contributed by atoms with Crippen LogP contribution in [0, 0.1) is 0 Å². The summed E-state index contributed by atoms with van der Waals surface area (Å²) in [6, 6.07) is 2.01. The minimum atomic E-state index is 0.340. The van der Waals surface area contributed by atoms with E-state index in [0.29, 0.717) is 5.78 Å². The molecular formula is C14H21NOS. The fourth-order valence-corrected chi connectivity index (χ4v) is 3.00. The van der Waals surface area contributed by atoms with Gasteiger partial charge in [-0.25, -0.2) is 0 Å². The molecule has 2 rings (SSSR count). The maximum absolute atomic E-state index is 11.7. The van der Waals surface area contributed by atoms with Crippen LogP contribution in [0.25, 0.3) is 0 Å². The Morgan fingerprint density at radius 1 is 1.29 bits per heavy atom. The lowest BCUT2D eigenvalue weighted by Gasteiger charge is -2.14. The molecule has 0 saturated heterocycles. The molecule has 1 aromatic heterocycles. The van der Waals surface area contributed by atoms with Gasteiger partial charge >= 0.3 is 0 Å². The number of aryl methyl sites for hydroxylation is 1. The van der Waals surface area contributed by atoms with Crippen LogP contribution in [0.15, 0.2) is 12.3 Å². The lowest BCUT2D eigenvalue weighted by atomic mass is 9.97. The second-order valence-corrected chi connectivity index (χ2v) is 5.69. The van der Waals surface area contributed by atoms with Crippen molar-refractivity contribution < 1.29 is 4.79 Å². The number of thioether (sulfide) groups is 1. The Morgan fingerprint density at radius 2 is 2.18 bits per heavy atom. The summed E-state index contributed by atoms with van der Waals surface area (Å²) in [6.45, 7) is 1.08. The monoisotopic (exact) mass is 251 g/mol. The van der Waals surface area contributed by atoms with E-state index in [0.717, 1.165) is 31.4 Å². The number of ketones is 1. The number of carbonyl (C=O) groups is 1. The molecule has 1 aliphatic rings. The standard InChI is InChI=1S/C14H21NOS/c1-17-11-4-2-3-9-15-10-8-12-13(15)6-5-7-14(12)16/h8,10H,2-7,9,11H2,1H3. The molecule has 0 radical (unpaired) electrons. The van der Waals surface area contributed by atoms with Gasteiger partial charge in [0.15, 0.2) is 5.78 Å². The predicted molar refractivity (Wildman–Crippen MR) is 73.9 cm³/mol. The highest BCUT2D eigenvalue weighted by molar-refractivity contribution is 7.98. The number of rotatable bonds is 6. The third-order valence-corrected chi connectivity index (χ3v) is 4.14. The van der Waals surface area contributed by atoms with E-state index in [1.165, 1.54) is 30.7 Å². The number of Topliss-reactive ketones (excluding diaryl/α,β-unsaturated/α-hetero) is 1. The van der Waals surface area contributed by atoms with Crippen LogP contribution in [0.3, 0.4) is 0 Å². The highest BCUT2D eigenvalue weighted by Crippen LogP contribution is 2.22. The van der Waals surface area contributed by atoms with Gasteiger partial charge in [0, 0.05) is 30.4 Å². The highest BCUT2D eigenvalue weighted by Gasteiger charge is 2.19. The zero-order chi connectivity index (χ0) is 12.1. The van der Waals surface area contributed by atoms with E-state index >= 15 is 0 Å². The number of nitrogens with zero attached hydrogens (tertiary/aromatic N) is 1. The first-order valence-corrected chi connectivity index (χ1v) is 7.92. The summed E-state index contributed by atoms with van der Waals surface area (Å²) in [6.07, 6.45) is 10.9. The van der Waals surface area contributed by atoms with Gasteiger partial charge in [0.05, 0.1) is 0 Å². The van der Waals surface area contributed by atoms with Crippen LogP contribution >= 0.6 is 11.8 Å². The van der Waals surface area contributed by atoms with Crippen LogP contribution in [0.5, 0.6) is 0 Å². The molecule has 0 atom stereocenters.